The Hall–Kier alpha value is -1.88. The Morgan fingerprint density at radius 2 is 1.95 bits per heavy atom. The van der Waals surface area contributed by atoms with E-state index in [9.17, 15) is 14.3 Å². The van der Waals surface area contributed by atoms with Crippen molar-refractivity contribution in [1.82, 2.24) is 0 Å². The minimum Gasteiger partial charge on any atom is -0.497 e. The predicted octanol–water partition coefficient (Wildman–Crippen LogP) is 3.96. The van der Waals surface area contributed by atoms with E-state index in [0.29, 0.717) is 15.8 Å². The Morgan fingerprint density at radius 1 is 1.21 bits per heavy atom. The highest BCUT2D eigenvalue weighted by Crippen LogP contribution is 2.31. The number of carboxylic acid groups (broad SMARTS) is 1. The lowest BCUT2D eigenvalue weighted by Crippen LogP contribution is -2.01. The highest BCUT2D eigenvalue weighted by atomic mass is 79.9. The van der Waals surface area contributed by atoms with Crippen LogP contribution in [0.2, 0.25) is 0 Å². The SMILES string of the molecule is COc1ccc(-c2cc(Br)ccc2F)c(C(=O)O)c1. The molecular formula is C14H10BrFO3. The standard InChI is InChI=1S/C14H10BrFO3/c1-19-9-3-4-10(12(7-9)14(17)18)11-6-8(15)2-5-13(11)16/h2-7H,1H3,(H,17,18). The van der Waals surface area contributed by atoms with Crippen LogP contribution in [0.1, 0.15) is 10.4 Å². The predicted molar refractivity (Wildman–Crippen MR) is 73.0 cm³/mol. The minimum atomic E-state index is -1.13. The summed E-state index contributed by atoms with van der Waals surface area (Å²) in [6, 6.07) is 8.90. The Balaban J connectivity index is 2.67. The first-order chi connectivity index (χ1) is 9.02. The van der Waals surface area contributed by atoms with Crippen LogP contribution in [0.15, 0.2) is 40.9 Å². The van der Waals surface area contributed by atoms with E-state index in [2.05, 4.69) is 15.9 Å². The van der Waals surface area contributed by atoms with Crippen LogP contribution in [-0.2, 0) is 0 Å². The van der Waals surface area contributed by atoms with Crippen molar-refractivity contribution >= 4 is 21.9 Å². The molecule has 0 heterocycles. The maximum absolute atomic E-state index is 13.8. The zero-order valence-electron chi connectivity index (χ0n) is 9.98. The fourth-order valence-corrected chi connectivity index (χ4v) is 2.13. The first-order valence-electron chi connectivity index (χ1n) is 5.39. The van der Waals surface area contributed by atoms with Gasteiger partial charge in [-0.25, -0.2) is 9.18 Å². The molecule has 0 saturated carbocycles. The average Bonchev–Trinajstić information content (AvgIpc) is 2.40. The molecule has 0 aliphatic rings. The summed E-state index contributed by atoms with van der Waals surface area (Å²) >= 11 is 3.24. The zero-order chi connectivity index (χ0) is 14.0. The molecule has 1 N–H and O–H groups in total. The third-order valence-corrected chi connectivity index (χ3v) is 3.17. The Bertz CT molecular complexity index is 641. The molecule has 0 bridgehead atoms. The van der Waals surface area contributed by atoms with Crippen LogP contribution in [0.25, 0.3) is 11.1 Å². The number of carboxylic acids is 1. The number of benzene rings is 2. The number of methoxy groups -OCH3 is 1. The van der Waals surface area contributed by atoms with Crippen LogP contribution < -0.4 is 4.74 Å². The molecular weight excluding hydrogens is 315 g/mol. The van der Waals surface area contributed by atoms with E-state index >= 15 is 0 Å². The number of hydrogen-bond donors (Lipinski definition) is 1. The summed E-state index contributed by atoms with van der Waals surface area (Å²) in [6.07, 6.45) is 0. The number of rotatable bonds is 3. The topological polar surface area (TPSA) is 46.5 Å². The molecule has 0 atom stereocenters. The smallest absolute Gasteiger partial charge is 0.336 e. The molecule has 19 heavy (non-hydrogen) atoms. The molecule has 2 aromatic rings. The third-order valence-electron chi connectivity index (χ3n) is 2.68. The van der Waals surface area contributed by atoms with Gasteiger partial charge in [0.25, 0.3) is 0 Å². The van der Waals surface area contributed by atoms with Crippen LogP contribution in [0.3, 0.4) is 0 Å². The molecule has 3 nitrogen and oxygen atoms in total. The largest absolute Gasteiger partial charge is 0.497 e. The van der Waals surface area contributed by atoms with Crippen LogP contribution in [0.5, 0.6) is 5.75 Å². The lowest BCUT2D eigenvalue weighted by Gasteiger charge is -2.10. The van der Waals surface area contributed by atoms with Crippen molar-refractivity contribution in [3.63, 3.8) is 0 Å². The molecule has 0 saturated heterocycles. The molecule has 98 valence electrons. The van der Waals surface area contributed by atoms with Crippen molar-refractivity contribution in [2.45, 2.75) is 0 Å². The lowest BCUT2D eigenvalue weighted by atomic mass is 9.99. The van der Waals surface area contributed by atoms with Crippen molar-refractivity contribution in [3.8, 4) is 16.9 Å². The molecule has 0 unspecified atom stereocenters. The molecule has 0 amide bonds. The van der Waals surface area contributed by atoms with E-state index < -0.39 is 11.8 Å². The van der Waals surface area contributed by atoms with Gasteiger partial charge in [-0.1, -0.05) is 15.9 Å². The van der Waals surface area contributed by atoms with Crippen LogP contribution >= 0.6 is 15.9 Å². The maximum Gasteiger partial charge on any atom is 0.336 e. The molecule has 2 aromatic carbocycles. The summed E-state index contributed by atoms with van der Waals surface area (Å²) in [5.74, 6) is -1.19. The summed E-state index contributed by atoms with van der Waals surface area (Å²) in [4.78, 5) is 11.3. The molecule has 0 spiro atoms. The van der Waals surface area contributed by atoms with Gasteiger partial charge in [0.2, 0.25) is 0 Å². The molecule has 5 heteroatoms. The number of ether oxygens (including phenoxy) is 1. The third kappa shape index (κ3) is 2.76. The van der Waals surface area contributed by atoms with Gasteiger partial charge in [0.05, 0.1) is 12.7 Å². The fourth-order valence-electron chi connectivity index (χ4n) is 1.77. The van der Waals surface area contributed by atoms with Crippen molar-refractivity contribution in [2.75, 3.05) is 7.11 Å². The van der Waals surface area contributed by atoms with Gasteiger partial charge >= 0.3 is 5.97 Å². The molecule has 0 aliphatic carbocycles. The van der Waals surface area contributed by atoms with Gasteiger partial charge in [-0.2, -0.15) is 0 Å². The van der Waals surface area contributed by atoms with Gasteiger partial charge < -0.3 is 9.84 Å². The van der Waals surface area contributed by atoms with E-state index in [0.717, 1.165) is 0 Å². The second-order valence-electron chi connectivity index (χ2n) is 3.84. The summed E-state index contributed by atoms with van der Waals surface area (Å²) < 4.78 is 19.5. The zero-order valence-corrected chi connectivity index (χ0v) is 11.6. The number of hydrogen-bond acceptors (Lipinski definition) is 2. The highest BCUT2D eigenvalue weighted by Gasteiger charge is 2.16. The molecule has 2 rings (SSSR count). The Labute approximate surface area is 117 Å². The summed E-state index contributed by atoms with van der Waals surface area (Å²) in [5.41, 5.74) is 0.540. The van der Waals surface area contributed by atoms with Gasteiger partial charge in [0, 0.05) is 10.0 Å². The summed E-state index contributed by atoms with van der Waals surface area (Å²) in [6.45, 7) is 0. The van der Waals surface area contributed by atoms with Gasteiger partial charge in [0.1, 0.15) is 11.6 Å². The van der Waals surface area contributed by atoms with E-state index in [1.54, 1.807) is 18.2 Å². The van der Waals surface area contributed by atoms with Crippen LogP contribution in [0.4, 0.5) is 4.39 Å². The van der Waals surface area contributed by atoms with E-state index in [1.165, 1.54) is 25.3 Å². The normalized spacial score (nSPS) is 10.3. The van der Waals surface area contributed by atoms with Crippen LogP contribution in [0, 0.1) is 5.82 Å². The quantitative estimate of drug-likeness (QED) is 0.929. The second-order valence-corrected chi connectivity index (χ2v) is 4.76. The summed E-state index contributed by atoms with van der Waals surface area (Å²) in [7, 11) is 1.44. The van der Waals surface area contributed by atoms with Crippen molar-refractivity contribution in [1.29, 1.82) is 0 Å². The van der Waals surface area contributed by atoms with Crippen LogP contribution in [-0.4, -0.2) is 18.2 Å². The first kappa shape index (κ1) is 13.5. The fraction of sp³-hybridized carbons (Fsp3) is 0.0714. The number of halogens is 2. The van der Waals surface area contributed by atoms with Crippen molar-refractivity contribution < 1.29 is 19.0 Å². The van der Waals surface area contributed by atoms with Crippen molar-refractivity contribution in [3.05, 3.63) is 52.3 Å². The Kier molecular flexibility index (Phi) is 3.85. The van der Waals surface area contributed by atoms with E-state index in [-0.39, 0.29) is 11.1 Å². The number of aromatic carboxylic acids is 1. The first-order valence-corrected chi connectivity index (χ1v) is 6.19. The second kappa shape index (κ2) is 5.40. The maximum atomic E-state index is 13.8. The Morgan fingerprint density at radius 3 is 2.58 bits per heavy atom. The van der Waals surface area contributed by atoms with E-state index in [4.69, 9.17) is 4.74 Å². The lowest BCUT2D eigenvalue weighted by molar-refractivity contribution is 0.0697. The van der Waals surface area contributed by atoms with Gasteiger partial charge in [0.15, 0.2) is 0 Å². The minimum absolute atomic E-state index is 0.00338. The summed E-state index contributed by atoms with van der Waals surface area (Å²) in [5, 5.41) is 9.22. The van der Waals surface area contributed by atoms with Gasteiger partial charge in [-0.3, -0.25) is 0 Å². The van der Waals surface area contributed by atoms with E-state index in [1.807, 2.05) is 0 Å². The molecule has 0 fully saturated rings. The highest BCUT2D eigenvalue weighted by molar-refractivity contribution is 9.10. The van der Waals surface area contributed by atoms with Gasteiger partial charge in [-0.05, 0) is 42.0 Å². The molecule has 0 aromatic heterocycles. The number of carbonyl (C=O) groups is 1. The molecule has 0 radical (unpaired) electrons. The average molecular weight is 325 g/mol. The molecule has 0 aliphatic heterocycles. The van der Waals surface area contributed by atoms with Gasteiger partial charge in [-0.15, -0.1) is 0 Å². The monoisotopic (exact) mass is 324 g/mol. The van der Waals surface area contributed by atoms with Crippen molar-refractivity contribution in [2.24, 2.45) is 0 Å².